The Morgan fingerprint density at radius 3 is 2.82 bits per heavy atom. The first-order valence-electron chi connectivity index (χ1n) is 6.22. The molecule has 0 amide bonds. The zero-order valence-electron chi connectivity index (χ0n) is 9.60. The summed E-state index contributed by atoms with van der Waals surface area (Å²) in [4.78, 5) is 10.9. The standard InChI is InChI=1S/C13H16BrNO2/c14-12-5-11(13(16)17)7-15(12)6-10-4-8-1-2-9(10)3-8/h5,7-10H,1-4,6H2,(H,16,17). The summed E-state index contributed by atoms with van der Waals surface area (Å²) in [5.74, 6) is 1.72. The maximum Gasteiger partial charge on any atom is 0.337 e. The number of hydrogen-bond donors (Lipinski definition) is 1. The molecule has 3 rings (SSSR count). The van der Waals surface area contributed by atoms with Gasteiger partial charge in [0.1, 0.15) is 0 Å². The molecule has 2 bridgehead atoms. The summed E-state index contributed by atoms with van der Waals surface area (Å²) in [6, 6.07) is 1.69. The third kappa shape index (κ3) is 2.03. The molecule has 17 heavy (non-hydrogen) atoms. The molecule has 0 aromatic carbocycles. The Labute approximate surface area is 109 Å². The number of carbonyl (C=O) groups is 1. The van der Waals surface area contributed by atoms with Crippen molar-refractivity contribution in [2.75, 3.05) is 0 Å². The van der Waals surface area contributed by atoms with Crippen molar-refractivity contribution in [1.82, 2.24) is 4.57 Å². The van der Waals surface area contributed by atoms with E-state index < -0.39 is 5.97 Å². The van der Waals surface area contributed by atoms with Gasteiger partial charge in [0.2, 0.25) is 0 Å². The number of nitrogens with zero attached hydrogens (tertiary/aromatic N) is 1. The molecule has 0 saturated heterocycles. The van der Waals surface area contributed by atoms with E-state index in [-0.39, 0.29) is 0 Å². The second-order valence-corrected chi connectivity index (χ2v) is 6.26. The fraction of sp³-hybridized carbons (Fsp3) is 0.615. The highest BCUT2D eigenvalue weighted by molar-refractivity contribution is 9.10. The van der Waals surface area contributed by atoms with E-state index in [0.29, 0.717) is 5.56 Å². The highest BCUT2D eigenvalue weighted by Gasteiger charge is 2.39. The van der Waals surface area contributed by atoms with E-state index in [4.69, 9.17) is 5.11 Å². The van der Waals surface area contributed by atoms with Gasteiger partial charge in [-0.15, -0.1) is 0 Å². The minimum Gasteiger partial charge on any atom is -0.478 e. The lowest BCUT2D eigenvalue weighted by molar-refractivity contribution is 0.0696. The van der Waals surface area contributed by atoms with Gasteiger partial charge in [-0.2, -0.15) is 0 Å². The van der Waals surface area contributed by atoms with Crippen LogP contribution in [0.25, 0.3) is 0 Å². The summed E-state index contributed by atoms with van der Waals surface area (Å²) in [7, 11) is 0. The van der Waals surface area contributed by atoms with Crippen LogP contribution >= 0.6 is 15.9 Å². The predicted molar refractivity (Wildman–Crippen MR) is 68.0 cm³/mol. The Kier molecular flexibility index (Phi) is 2.77. The van der Waals surface area contributed by atoms with E-state index in [1.165, 1.54) is 25.7 Å². The summed E-state index contributed by atoms with van der Waals surface area (Å²) in [6.07, 6.45) is 7.26. The minimum atomic E-state index is -0.850. The summed E-state index contributed by atoms with van der Waals surface area (Å²) in [5, 5.41) is 8.95. The van der Waals surface area contributed by atoms with Gasteiger partial charge in [-0.3, -0.25) is 0 Å². The average Bonchev–Trinajstić information content (AvgIpc) is 2.95. The molecule has 2 saturated carbocycles. The van der Waals surface area contributed by atoms with Crippen LogP contribution in [0.15, 0.2) is 16.9 Å². The first kappa shape index (κ1) is 11.3. The molecule has 2 aliphatic carbocycles. The number of fused-ring (bicyclic) bond motifs is 2. The molecule has 92 valence electrons. The number of hydrogen-bond acceptors (Lipinski definition) is 1. The van der Waals surface area contributed by atoms with Crippen LogP contribution in [0.3, 0.4) is 0 Å². The van der Waals surface area contributed by atoms with Crippen LogP contribution in [0, 0.1) is 17.8 Å². The maximum atomic E-state index is 10.9. The first-order valence-corrected chi connectivity index (χ1v) is 7.01. The molecule has 1 heterocycles. The van der Waals surface area contributed by atoms with Crippen LogP contribution in [0.1, 0.15) is 36.0 Å². The van der Waals surface area contributed by atoms with Crippen molar-refractivity contribution in [3.8, 4) is 0 Å². The number of carboxylic acids is 1. The zero-order chi connectivity index (χ0) is 12.0. The fourth-order valence-corrected chi connectivity index (χ4v) is 4.08. The smallest absolute Gasteiger partial charge is 0.337 e. The molecule has 0 spiro atoms. The number of rotatable bonds is 3. The van der Waals surface area contributed by atoms with Crippen molar-refractivity contribution in [1.29, 1.82) is 0 Å². The van der Waals surface area contributed by atoms with Crippen molar-refractivity contribution in [2.45, 2.75) is 32.2 Å². The van der Waals surface area contributed by atoms with Crippen LogP contribution in [0.2, 0.25) is 0 Å². The van der Waals surface area contributed by atoms with Crippen molar-refractivity contribution < 1.29 is 9.90 Å². The molecule has 1 aromatic rings. The monoisotopic (exact) mass is 297 g/mol. The molecule has 1 N–H and O–H groups in total. The van der Waals surface area contributed by atoms with Crippen LogP contribution in [0.4, 0.5) is 0 Å². The van der Waals surface area contributed by atoms with E-state index in [9.17, 15) is 4.79 Å². The normalized spacial score (nSPS) is 31.0. The van der Waals surface area contributed by atoms with Gasteiger partial charge < -0.3 is 9.67 Å². The van der Waals surface area contributed by atoms with Gasteiger partial charge in [-0.05, 0) is 59.0 Å². The van der Waals surface area contributed by atoms with Gasteiger partial charge in [0.15, 0.2) is 0 Å². The van der Waals surface area contributed by atoms with E-state index in [1.807, 2.05) is 0 Å². The molecule has 3 atom stereocenters. The number of halogens is 1. The Morgan fingerprint density at radius 2 is 2.29 bits per heavy atom. The van der Waals surface area contributed by atoms with E-state index >= 15 is 0 Å². The largest absolute Gasteiger partial charge is 0.478 e. The Bertz CT molecular complexity index is 454. The number of aromatic nitrogens is 1. The van der Waals surface area contributed by atoms with Gasteiger partial charge in [0.25, 0.3) is 0 Å². The van der Waals surface area contributed by atoms with Gasteiger partial charge in [-0.25, -0.2) is 4.79 Å². The second kappa shape index (κ2) is 4.16. The molecule has 2 aliphatic rings. The molecule has 0 radical (unpaired) electrons. The lowest BCUT2D eigenvalue weighted by Crippen LogP contribution is -2.17. The predicted octanol–water partition coefficient (Wildman–Crippen LogP) is 3.39. The highest BCUT2D eigenvalue weighted by atomic mass is 79.9. The van der Waals surface area contributed by atoms with Crippen molar-refractivity contribution in [3.63, 3.8) is 0 Å². The van der Waals surface area contributed by atoms with Crippen molar-refractivity contribution >= 4 is 21.9 Å². The summed E-state index contributed by atoms with van der Waals surface area (Å²) >= 11 is 3.45. The van der Waals surface area contributed by atoms with Gasteiger partial charge in [0.05, 0.1) is 10.2 Å². The molecular formula is C13H16BrNO2. The number of carboxylic acid groups (broad SMARTS) is 1. The summed E-state index contributed by atoms with van der Waals surface area (Å²) in [5.41, 5.74) is 0.375. The summed E-state index contributed by atoms with van der Waals surface area (Å²) < 4.78 is 2.94. The zero-order valence-corrected chi connectivity index (χ0v) is 11.2. The molecule has 3 nitrogen and oxygen atoms in total. The third-order valence-corrected chi connectivity index (χ3v) is 5.09. The van der Waals surface area contributed by atoms with E-state index in [2.05, 4.69) is 20.5 Å². The highest BCUT2D eigenvalue weighted by Crippen LogP contribution is 2.49. The minimum absolute atomic E-state index is 0.375. The average molecular weight is 298 g/mol. The second-order valence-electron chi connectivity index (χ2n) is 5.44. The third-order valence-electron chi connectivity index (χ3n) is 4.41. The van der Waals surface area contributed by atoms with Crippen molar-refractivity contribution in [2.24, 2.45) is 17.8 Å². The quantitative estimate of drug-likeness (QED) is 0.929. The summed E-state index contributed by atoms with van der Waals surface area (Å²) in [6.45, 7) is 0.967. The fourth-order valence-electron chi connectivity index (χ4n) is 3.59. The Morgan fingerprint density at radius 1 is 1.47 bits per heavy atom. The molecule has 0 aliphatic heterocycles. The number of aromatic carboxylic acids is 1. The molecule has 1 aromatic heterocycles. The molecule has 3 unspecified atom stereocenters. The first-order chi connectivity index (χ1) is 8.13. The van der Waals surface area contributed by atoms with Gasteiger partial charge in [0, 0.05) is 12.7 Å². The SMILES string of the molecule is O=C(O)c1cc(Br)n(CC2CC3CCC2C3)c1. The topological polar surface area (TPSA) is 42.2 Å². The van der Waals surface area contributed by atoms with Gasteiger partial charge in [-0.1, -0.05) is 6.42 Å². The molecular weight excluding hydrogens is 282 g/mol. The van der Waals surface area contributed by atoms with Crippen LogP contribution < -0.4 is 0 Å². The Balaban J connectivity index is 1.74. The maximum absolute atomic E-state index is 10.9. The van der Waals surface area contributed by atoms with Crippen molar-refractivity contribution in [3.05, 3.63) is 22.4 Å². The molecule has 2 fully saturated rings. The molecule has 4 heteroatoms. The lowest BCUT2D eigenvalue weighted by atomic mass is 9.89. The Hall–Kier alpha value is -0.770. The van der Waals surface area contributed by atoms with Gasteiger partial charge >= 0.3 is 5.97 Å². The van der Waals surface area contributed by atoms with E-state index in [1.54, 1.807) is 12.3 Å². The lowest BCUT2D eigenvalue weighted by Gasteiger charge is -2.22. The van der Waals surface area contributed by atoms with E-state index in [0.717, 1.165) is 28.9 Å². The van der Waals surface area contributed by atoms with Crippen LogP contribution in [-0.2, 0) is 6.54 Å². The van der Waals surface area contributed by atoms with Crippen LogP contribution in [-0.4, -0.2) is 15.6 Å². The van der Waals surface area contributed by atoms with Crippen LogP contribution in [0.5, 0.6) is 0 Å².